The molecular formula is C18H38. The largest absolute Gasteiger partial charge is 0.0654 e. The summed E-state index contributed by atoms with van der Waals surface area (Å²) in [5.41, 5.74) is 0. The Bertz CT molecular complexity index is 150. The van der Waals surface area contributed by atoms with Gasteiger partial charge in [-0.05, 0) is 18.3 Å². The lowest BCUT2D eigenvalue weighted by Crippen LogP contribution is -2.07. The van der Waals surface area contributed by atoms with Crippen molar-refractivity contribution >= 4 is 0 Å². The molecule has 0 aliphatic carbocycles. The molecule has 0 spiro atoms. The molecule has 0 aromatic carbocycles. The van der Waals surface area contributed by atoms with Crippen molar-refractivity contribution in [2.45, 2.75) is 105 Å². The topological polar surface area (TPSA) is 0 Å². The summed E-state index contributed by atoms with van der Waals surface area (Å²) in [5, 5.41) is 0. The van der Waals surface area contributed by atoms with Crippen LogP contribution in [0.4, 0.5) is 0 Å². The molecule has 0 aliphatic rings. The van der Waals surface area contributed by atoms with Gasteiger partial charge in [0.05, 0.1) is 0 Å². The van der Waals surface area contributed by atoms with Gasteiger partial charge < -0.3 is 0 Å². The van der Waals surface area contributed by atoms with Crippen LogP contribution in [-0.2, 0) is 0 Å². The van der Waals surface area contributed by atoms with E-state index in [-0.39, 0.29) is 0 Å². The van der Waals surface area contributed by atoms with Gasteiger partial charge in [0, 0.05) is 0 Å². The summed E-state index contributed by atoms with van der Waals surface area (Å²) in [7, 11) is 0. The zero-order valence-electron chi connectivity index (χ0n) is 13.6. The molecule has 0 nitrogen and oxygen atoms in total. The van der Waals surface area contributed by atoms with Gasteiger partial charge >= 0.3 is 0 Å². The minimum atomic E-state index is 0.951. The van der Waals surface area contributed by atoms with Gasteiger partial charge in [-0.25, -0.2) is 0 Å². The lowest BCUT2D eigenvalue weighted by atomic mass is 9.86. The van der Waals surface area contributed by atoms with Gasteiger partial charge in [0.15, 0.2) is 0 Å². The molecule has 0 saturated carbocycles. The van der Waals surface area contributed by atoms with Crippen molar-refractivity contribution in [3.63, 3.8) is 0 Å². The van der Waals surface area contributed by atoms with E-state index < -0.39 is 0 Å². The second kappa shape index (κ2) is 13.4. The molecule has 0 heterocycles. The Hall–Kier alpha value is 0. The fourth-order valence-corrected chi connectivity index (χ4v) is 3.18. The third-order valence-electron chi connectivity index (χ3n) is 4.18. The number of unbranched alkanes of at least 4 members (excludes halogenated alkanes) is 5. The zero-order valence-corrected chi connectivity index (χ0v) is 13.6. The fourth-order valence-electron chi connectivity index (χ4n) is 3.18. The van der Waals surface area contributed by atoms with Crippen LogP contribution in [0.3, 0.4) is 0 Å². The maximum atomic E-state index is 2.45. The Morgan fingerprint density at radius 3 is 1.83 bits per heavy atom. The van der Waals surface area contributed by atoms with Gasteiger partial charge in [0.25, 0.3) is 0 Å². The number of hydrogen-bond donors (Lipinski definition) is 0. The van der Waals surface area contributed by atoms with Crippen LogP contribution in [0.5, 0.6) is 0 Å². The molecule has 0 heteroatoms. The Balaban J connectivity index is 3.62. The molecule has 0 aromatic rings. The van der Waals surface area contributed by atoms with E-state index in [1.807, 2.05) is 0 Å². The number of hydrogen-bond acceptors (Lipinski definition) is 0. The van der Waals surface area contributed by atoms with E-state index in [4.69, 9.17) is 0 Å². The zero-order chi connectivity index (χ0) is 13.6. The van der Waals surface area contributed by atoms with Crippen LogP contribution in [-0.4, -0.2) is 0 Å². The first-order chi connectivity index (χ1) is 8.74. The highest BCUT2D eigenvalue weighted by Crippen LogP contribution is 2.25. The van der Waals surface area contributed by atoms with Gasteiger partial charge in [-0.3, -0.25) is 0 Å². The molecule has 0 rings (SSSR count). The first-order valence-electron chi connectivity index (χ1n) is 8.74. The summed E-state index contributed by atoms with van der Waals surface area (Å²) in [6.45, 7) is 9.41. The summed E-state index contributed by atoms with van der Waals surface area (Å²) in [6, 6.07) is 0. The molecular weight excluding hydrogens is 216 g/mol. The first-order valence-corrected chi connectivity index (χ1v) is 8.74. The Labute approximate surface area is 117 Å². The van der Waals surface area contributed by atoms with E-state index in [1.165, 1.54) is 77.0 Å². The van der Waals surface area contributed by atoms with Gasteiger partial charge in [0.1, 0.15) is 0 Å². The van der Waals surface area contributed by atoms with Crippen LogP contribution in [0.2, 0.25) is 0 Å². The maximum Gasteiger partial charge on any atom is -0.0412 e. The van der Waals surface area contributed by atoms with Crippen LogP contribution in [0.1, 0.15) is 105 Å². The fraction of sp³-hybridized carbons (Fsp3) is 1.00. The summed E-state index contributed by atoms with van der Waals surface area (Å²) >= 11 is 0. The van der Waals surface area contributed by atoms with Gasteiger partial charge in [0.2, 0.25) is 0 Å². The van der Waals surface area contributed by atoms with Crippen LogP contribution in [0, 0.1) is 11.8 Å². The van der Waals surface area contributed by atoms with Gasteiger partial charge in [-0.1, -0.05) is 98.3 Å². The van der Waals surface area contributed by atoms with Crippen molar-refractivity contribution in [2.75, 3.05) is 0 Å². The Morgan fingerprint density at radius 1 is 0.611 bits per heavy atom. The summed E-state index contributed by atoms with van der Waals surface area (Å²) < 4.78 is 0. The van der Waals surface area contributed by atoms with E-state index >= 15 is 0 Å². The van der Waals surface area contributed by atoms with E-state index in [0.717, 1.165) is 11.8 Å². The molecule has 0 saturated heterocycles. The minimum Gasteiger partial charge on any atom is -0.0654 e. The normalized spacial score (nSPS) is 14.7. The molecule has 0 N–H and O–H groups in total. The molecule has 0 radical (unpaired) electrons. The second-order valence-corrected chi connectivity index (χ2v) is 6.34. The molecule has 0 aliphatic heterocycles. The third kappa shape index (κ3) is 11.1. The quantitative estimate of drug-likeness (QED) is 0.311. The SMILES string of the molecule is CCCCCCCCC(CCC)CC(C)CCC. The summed E-state index contributed by atoms with van der Waals surface area (Å²) in [5.74, 6) is 1.97. The van der Waals surface area contributed by atoms with Crippen molar-refractivity contribution in [1.82, 2.24) is 0 Å². The molecule has 0 amide bonds. The van der Waals surface area contributed by atoms with E-state index in [9.17, 15) is 0 Å². The van der Waals surface area contributed by atoms with Crippen LogP contribution < -0.4 is 0 Å². The molecule has 0 bridgehead atoms. The number of rotatable bonds is 13. The summed E-state index contributed by atoms with van der Waals surface area (Å²) in [6.07, 6.45) is 17.3. The molecule has 18 heavy (non-hydrogen) atoms. The highest BCUT2D eigenvalue weighted by atomic mass is 14.2. The van der Waals surface area contributed by atoms with E-state index in [0.29, 0.717) is 0 Å². The van der Waals surface area contributed by atoms with Gasteiger partial charge in [-0.2, -0.15) is 0 Å². The second-order valence-electron chi connectivity index (χ2n) is 6.34. The Kier molecular flexibility index (Phi) is 13.4. The Morgan fingerprint density at radius 2 is 1.22 bits per heavy atom. The van der Waals surface area contributed by atoms with Crippen molar-refractivity contribution in [1.29, 1.82) is 0 Å². The lowest BCUT2D eigenvalue weighted by molar-refractivity contribution is 0.324. The van der Waals surface area contributed by atoms with Crippen molar-refractivity contribution < 1.29 is 0 Å². The van der Waals surface area contributed by atoms with Crippen molar-refractivity contribution in [3.05, 3.63) is 0 Å². The van der Waals surface area contributed by atoms with E-state index in [2.05, 4.69) is 27.7 Å². The monoisotopic (exact) mass is 254 g/mol. The van der Waals surface area contributed by atoms with Crippen LogP contribution in [0.25, 0.3) is 0 Å². The van der Waals surface area contributed by atoms with E-state index in [1.54, 1.807) is 0 Å². The van der Waals surface area contributed by atoms with Crippen LogP contribution >= 0.6 is 0 Å². The third-order valence-corrected chi connectivity index (χ3v) is 4.18. The first kappa shape index (κ1) is 18.0. The highest BCUT2D eigenvalue weighted by molar-refractivity contribution is 4.64. The van der Waals surface area contributed by atoms with Crippen molar-refractivity contribution in [3.8, 4) is 0 Å². The standard InChI is InChI=1S/C18H38/c1-5-8-9-10-11-12-15-18(14-7-3)16-17(4)13-6-2/h17-18H,5-16H2,1-4H3. The van der Waals surface area contributed by atoms with Gasteiger partial charge in [-0.15, -0.1) is 0 Å². The average molecular weight is 255 g/mol. The molecule has 0 aromatic heterocycles. The lowest BCUT2D eigenvalue weighted by Gasteiger charge is -2.20. The van der Waals surface area contributed by atoms with Crippen LogP contribution in [0.15, 0.2) is 0 Å². The molecule has 2 unspecified atom stereocenters. The molecule has 110 valence electrons. The smallest absolute Gasteiger partial charge is 0.0412 e. The summed E-state index contributed by atoms with van der Waals surface area (Å²) in [4.78, 5) is 0. The highest BCUT2D eigenvalue weighted by Gasteiger charge is 2.11. The minimum absolute atomic E-state index is 0.951. The molecule has 0 fully saturated rings. The average Bonchev–Trinajstić information content (AvgIpc) is 2.34. The molecule has 2 atom stereocenters. The predicted molar refractivity (Wildman–Crippen MR) is 85.1 cm³/mol. The predicted octanol–water partition coefficient (Wildman–Crippen LogP) is 6.98. The maximum absolute atomic E-state index is 2.45. The van der Waals surface area contributed by atoms with Crippen molar-refractivity contribution in [2.24, 2.45) is 11.8 Å².